The minimum absolute atomic E-state index is 0.0682. The van der Waals surface area contributed by atoms with Crippen LogP contribution in [0.15, 0.2) is 24.3 Å². The highest BCUT2D eigenvalue weighted by molar-refractivity contribution is 6.06. The number of carbonyl (C=O) groups excluding carboxylic acids is 2. The van der Waals surface area contributed by atoms with Crippen molar-refractivity contribution in [2.24, 2.45) is 5.92 Å². The van der Waals surface area contributed by atoms with Crippen molar-refractivity contribution in [3.05, 3.63) is 29.8 Å². The highest BCUT2D eigenvalue weighted by Gasteiger charge is 2.45. The zero-order valence-corrected chi connectivity index (χ0v) is 13.1. The molecule has 0 saturated carbocycles. The van der Waals surface area contributed by atoms with Crippen molar-refractivity contribution >= 4 is 23.5 Å². The number of hydrogen-bond donors (Lipinski definition) is 3. The Balaban J connectivity index is 1.97. The number of aliphatic carboxylic acids is 1. The summed E-state index contributed by atoms with van der Waals surface area (Å²) < 4.78 is 37.8. The lowest BCUT2D eigenvalue weighted by atomic mass is 9.92. The molecule has 2 rings (SSSR count). The molecule has 0 spiro atoms. The Labute approximate surface area is 141 Å². The average molecular weight is 358 g/mol. The summed E-state index contributed by atoms with van der Waals surface area (Å²) >= 11 is 0. The topological polar surface area (TPSA) is 95.5 Å². The molecule has 25 heavy (non-hydrogen) atoms. The van der Waals surface area contributed by atoms with Crippen LogP contribution < -0.4 is 10.6 Å². The van der Waals surface area contributed by atoms with Crippen LogP contribution in [0, 0.1) is 5.92 Å². The van der Waals surface area contributed by atoms with E-state index in [9.17, 15) is 27.6 Å². The van der Waals surface area contributed by atoms with E-state index >= 15 is 0 Å². The van der Waals surface area contributed by atoms with Crippen molar-refractivity contribution in [2.75, 3.05) is 5.32 Å². The summed E-state index contributed by atoms with van der Waals surface area (Å²) in [5.41, 5.74) is 1.05. The third kappa shape index (κ3) is 5.20. The van der Waals surface area contributed by atoms with Crippen molar-refractivity contribution in [1.29, 1.82) is 0 Å². The SMILES string of the molecule is O=C(O)CCc1cccc(NC(=O)C2CCC(C(F)(F)F)NC2=O)c1. The first-order valence-electron chi connectivity index (χ1n) is 7.65. The Hall–Kier alpha value is -2.58. The average Bonchev–Trinajstić information content (AvgIpc) is 2.52. The van der Waals surface area contributed by atoms with Crippen LogP contribution in [0.2, 0.25) is 0 Å². The van der Waals surface area contributed by atoms with Crippen molar-refractivity contribution in [3.63, 3.8) is 0 Å². The fraction of sp³-hybridized carbons (Fsp3) is 0.438. The first-order valence-corrected chi connectivity index (χ1v) is 7.65. The Kier molecular flexibility index (Phi) is 5.66. The largest absolute Gasteiger partial charge is 0.481 e. The molecule has 1 aliphatic heterocycles. The number of hydrogen-bond acceptors (Lipinski definition) is 3. The van der Waals surface area contributed by atoms with Crippen molar-refractivity contribution in [2.45, 2.75) is 37.9 Å². The predicted molar refractivity (Wildman–Crippen MR) is 81.7 cm³/mol. The molecule has 1 saturated heterocycles. The van der Waals surface area contributed by atoms with Gasteiger partial charge in [0.15, 0.2) is 0 Å². The molecule has 6 nitrogen and oxygen atoms in total. The molecule has 9 heteroatoms. The van der Waals surface area contributed by atoms with Gasteiger partial charge >= 0.3 is 12.1 Å². The fourth-order valence-electron chi connectivity index (χ4n) is 2.59. The second-order valence-corrected chi connectivity index (χ2v) is 5.82. The van der Waals surface area contributed by atoms with Crippen LogP contribution in [0.4, 0.5) is 18.9 Å². The van der Waals surface area contributed by atoms with E-state index in [1.165, 1.54) is 0 Å². The zero-order chi connectivity index (χ0) is 18.6. The number of anilines is 1. The molecule has 1 fully saturated rings. The summed E-state index contributed by atoms with van der Waals surface area (Å²) in [7, 11) is 0. The van der Waals surface area contributed by atoms with Crippen LogP contribution in [0.1, 0.15) is 24.8 Å². The maximum absolute atomic E-state index is 12.6. The lowest BCUT2D eigenvalue weighted by Crippen LogP contribution is -2.53. The number of piperidine rings is 1. The molecule has 0 radical (unpaired) electrons. The summed E-state index contributed by atoms with van der Waals surface area (Å²) in [6.07, 6.45) is -4.88. The molecule has 1 heterocycles. The highest BCUT2D eigenvalue weighted by atomic mass is 19.4. The molecule has 2 atom stereocenters. The first-order chi connectivity index (χ1) is 11.7. The smallest absolute Gasteiger partial charge is 0.408 e. The zero-order valence-electron chi connectivity index (χ0n) is 13.1. The normalized spacial score (nSPS) is 20.7. The standard InChI is InChI=1S/C16H17F3N2O4/c17-16(18,19)12-6-5-11(15(25)21-12)14(24)20-10-3-1-2-9(8-10)4-7-13(22)23/h1-3,8,11-12H,4-7H2,(H,20,24)(H,21,25)(H,22,23). The van der Waals surface area contributed by atoms with Gasteiger partial charge in [-0.1, -0.05) is 12.1 Å². The molecule has 0 bridgehead atoms. The number of halogens is 3. The van der Waals surface area contributed by atoms with Crippen LogP contribution in [0.5, 0.6) is 0 Å². The van der Waals surface area contributed by atoms with Crippen LogP contribution >= 0.6 is 0 Å². The molecule has 0 aromatic heterocycles. The number of carbonyl (C=O) groups is 3. The molecular weight excluding hydrogens is 341 g/mol. The van der Waals surface area contributed by atoms with Crippen LogP contribution in [-0.4, -0.2) is 35.1 Å². The monoisotopic (exact) mass is 358 g/mol. The first kappa shape index (κ1) is 18.8. The maximum Gasteiger partial charge on any atom is 0.408 e. The van der Waals surface area contributed by atoms with E-state index in [2.05, 4.69) is 5.32 Å². The molecule has 1 aromatic carbocycles. The van der Waals surface area contributed by atoms with Gasteiger partial charge in [0, 0.05) is 12.1 Å². The molecule has 3 N–H and O–H groups in total. The number of rotatable bonds is 5. The Bertz CT molecular complexity index is 676. The summed E-state index contributed by atoms with van der Waals surface area (Å²) in [6.45, 7) is 0. The lowest BCUT2D eigenvalue weighted by molar-refractivity contribution is -0.170. The van der Waals surface area contributed by atoms with Gasteiger partial charge in [0.2, 0.25) is 11.8 Å². The van der Waals surface area contributed by atoms with Gasteiger partial charge < -0.3 is 15.7 Å². The maximum atomic E-state index is 12.6. The number of carboxylic acid groups (broad SMARTS) is 1. The molecule has 0 aliphatic carbocycles. The van der Waals surface area contributed by atoms with Gasteiger partial charge in [-0.15, -0.1) is 0 Å². The van der Waals surface area contributed by atoms with Gasteiger partial charge in [0.1, 0.15) is 12.0 Å². The number of alkyl halides is 3. The predicted octanol–water partition coefficient (Wildman–Crippen LogP) is 2.10. The second kappa shape index (κ2) is 7.54. The van der Waals surface area contributed by atoms with E-state index in [0.717, 1.165) is 0 Å². The van der Waals surface area contributed by atoms with Gasteiger partial charge in [-0.2, -0.15) is 13.2 Å². The Morgan fingerprint density at radius 3 is 2.60 bits per heavy atom. The van der Waals surface area contributed by atoms with Gasteiger partial charge in [0.05, 0.1) is 0 Å². The third-order valence-electron chi connectivity index (χ3n) is 3.91. The third-order valence-corrected chi connectivity index (χ3v) is 3.91. The van der Waals surface area contributed by atoms with Crippen molar-refractivity contribution in [1.82, 2.24) is 5.32 Å². The van der Waals surface area contributed by atoms with Crippen molar-refractivity contribution < 1.29 is 32.7 Å². The van der Waals surface area contributed by atoms with E-state index in [1.807, 2.05) is 5.32 Å². The summed E-state index contributed by atoms with van der Waals surface area (Å²) in [4.78, 5) is 34.5. The number of nitrogens with one attached hydrogen (secondary N) is 2. The van der Waals surface area contributed by atoms with Gasteiger partial charge in [0.25, 0.3) is 0 Å². The van der Waals surface area contributed by atoms with E-state index < -0.39 is 35.9 Å². The summed E-state index contributed by atoms with van der Waals surface area (Å²) in [5.74, 6) is -3.78. The second-order valence-electron chi connectivity index (χ2n) is 5.82. The van der Waals surface area contributed by atoms with Gasteiger partial charge in [-0.05, 0) is 37.0 Å². The fourth-order valence-corrected chi connectivity index (χ4v) is 2.59. The van der Waals surface area contributed by atoms with E-state index in [1.54, 1.807) is 24.3 Å². The van der Waals surface area contributed by atoms with Crippen molar-refractivity contribution in [3.8, 4) is 0 Å². The quantitative estimate of drug-likeness (QED) is 0.703. The number of aryl methyl sites for hydroxylation is 1. The Morgan fingerprint density at radius 2 is 2.00 bits per heavy atom. The lowest BCUT2D eigenvalue weighted by Gasteiger charge is -2.29. The number of carboxylic acids is 1. The number of benzene rings is 1. The summed E-state index contributed by atoms with van der Waals surface area (Å²) in [5, 5.41) is 13.0. The molecule has 2 amide bonds. The molecule has 1 aromatic rings. The highest BCUT2D eigenvalue weighted by Crippen LogP contribution is 2.29. The van der Waals surface area contributed by atoms with E-state index in [0.29, 0.717) is 11.3 Å². The van der Waals surface area contributed by atoms with Crippen LogP contribution in [0.3, 0.4) is 0 Å². The minimum atomic E-state index is -4.53. The van der Waals surface area contributed by atoms with Crippen LogP contribution in [0.25, 0.3) is 0 Å². The van der Waals surface area contributed by atoms with Gasteiger partial charge in [-0.3, -0.25) is 14.4 Å². The molecule has 136 valence electrons. The Morgan fingerprint density at radius 1 is 1.28 bits per heavy atom. The number of amides is 2. The minimum Gasteiger partial charge on any atom is -0.481 e. The van der Waals surface area contributed by atoms with E-state index in [-0.39, 0.29) is 25.7 Å². The van der Waals surface area contributed by atoms with Gasteiger partial charge in [-0.25, -0.2) is 0 Å². The molecule has 2 unspecified atom stereocenters. The molecular formula is C16H17F3N2O4. The van der Waals surface area contributed by atoms with Crippen LogP contribution in [-0.2, 0) is 20.8 Å². The molecule has 1 aliphatic rings. The van der Waals surface area contributed by atoms with E-state index in [4.69, 9.17) is 5.11 Å². The summed E-state index contributed by atoms with van der Waals surface area (Å²) in [6, 6.07) is 4.51.